The molecule has 1 aromatic rings. The van der Waals surface area contributed by atoms with Gasteiger partial charge >= 0.3 is 20.3 Å². The number of nitrogens with one attached hydrogen (secondary N) is 4. The van der Waals surface area contributed by atoms with Crippen LogP contribution >= 0.6 is 24.2 Å². The number of carbonyl (C=O) groups excluding carboxylic acids is 4. The predicted octanol–water partition coefficient (Wildman–Crippen LogP) is 1.34. The first-order valence-corrected chi connectivity index (χ1v) is 11.2. The maximum Gasteiger partial charge on any atom is 0.344 e. The molecule has 0 aromatic heterocycles. The molecule has 2 atom stereocenters. The highest BCUT2D eigenvalue weighted by Gasteiger charge is 2.55. The Morgan fingerprint density at radius 2 is 1.94 bits per heavy atom. The van der Waals surface area contributed by atoms with Gasteiger partial charge in [-0.1, -0.05) is 29.8 Å². The zero-order valence-electron chi connectivity index (χ0n) is 16.7. The van der Waals surface area contributed by atoms with Gasteiger partial charge in [-0.15, -0.1) is 0 Å². The fraction of sp³-hybridized carbons (Fsp3) is 0.412. The molecule has 1 aromatic carbocycles. The molecule has 31 heavy (non-hydrogen) atoms. The van der Waals surface area contributed by atoms with Gasteiger partial charge < -0.3 is 25.4 Å². The summed E-state index contributed by atoms with van der Waals surface area (Å²) < 4.78 is 15.8. The van der Waals surface area contributed by atoms with Crippen LogP contribution < -0.4 is 21.4 Å². The Bertz CT molecular complexity index is 882. The monoisotopic (exact) mass is 519 g/mol. The highest BCUT2D eigenvalue weighted by molar-refractivity contribution is 9.10. The molecule has 1 aliphatic heterocycles. The molecule has 0 radical (unpaired) electrons. The van der Waals surface area contributed by atoms with Gasteiger partial charge in [-0.2, -0.15) is 5.01 Å². The van der Waals surface area contributed by atoms with Crippen LogP contribution in [0.5, 0.6) is 0 Å². The number of benzene rings is 1. The standard InChI is InChI=1S/C17H23BrN5O7P/c1-10(2)17(9-13(24)19-7-8-30-31(28)29)14(25)23(16(27)21-17)22-15(26)20-12-5-3-11(18)4-6-12/h3-6,10,31H,7-9H2,1-2H3,(H,19,24)(H,21,27)(H,28,29)(H2,20,22,26). The number of hydrazine groups is 1. The smallest absolute Gasteiger partial charge is 0.344 e. The first-order chi connectivity index (χ1) is 14.5. The summed E-state index contributed by atoms with van der Waals surface area (Å²) in [6.07, 6.45) is -0.393. The van der Waals surface area contributed by atoms with E-state index in [4.69, 9.17) is 4.89 Å². The number of hydrogen-bond donors (Lipinski definition) is 5. The van der Waals surface area contributed by atoms with Crippen molar-refractivity contribution in [1.29, 1.82) is 0 Å². The second-order valence-corrected chi connectivity index (χ2v) is 8.65. The molecule has 0 aliphatic carbocycles. The number of amides is 6. The van der Waals surface area contributed by atoms with Crippen molar-refractivity contribution in [2.24, 2.45) is 5.92 Å². The molecule has 2 rings (SSSR count). The number of nitrogens with zero attached hydrogens (tertiary/aromatic N) is 1. The van der Waals surface area contributed by atoms with Crippen molar-refractivity contribution >= 4 is 53.7 Å². The van der Waals surface area contributed by atoms with E-state index in [-0.39, 0.29) is 13.2 Å². The minimum Gasteiger partial charge on any atom is -0.354 e. The lowest BCUT2D eigenvalue weighted by atomic mass is 9.83. The zero-order valence-corrected chi connectivity index (χ0v) is 19.3. The van der Waals surface area contributed by atoms with Crippen LogP contribution in [0.4, 0.5) is 15.3 Å². The molecule has 14 heteroatoms. The Morgan fingerprint density at radius 1 is 1.29 bits per heavy atom. The van der Waals surface area contributed by atoms with Crippen molar-refractivity contribution in [3.63, 3.8) is 0 Å². The molecule has 1 heterocycles. The average molecular weight is 520 g/mol. The third-order valence-corrected chi connectivity index (χ3v) is 5.49. The summed E-state index contributed by atoms with van der Waals surface area (Å²) in [5, 5.41) is 7.97. The molecule has 1 fully saturated rings. The molecular formula is C17H23BrN5O7P. The van der Waals surface area contributed by atoms with Crippen LogP contribution in [0.25, 0.3) is 0 Å². The third kappa shape index (κ3) is 6.50. The Balaban J connectivity index is 2.02. The second-order valence-electron chi connectivity index (χ2n) is 6.91. The summed E-state index contributed by atoms with van der Waals surface area (Å²) in [6, 6.07) is 4.96. The van der Waals surface area contributed by atoms with Gasteiger partial charge in [0.25, 0.3) is 5.91 Å². The molecule has 6 amide bonds. The fourth-order valence-electron chi connectivity index (χ4n) is 2.85. The molecule has 12 nitrogen and oxygen atoms in total. The first kappa shape index (κ1) is 24.8. The lowest BCUT2D eigenvalue weighted by Crippen LogP contribution is -2.55. The van der Waals surface area contributed by atoms with Crippen LogP contribution in [-0.2, 0) is 18.7 Å². The van der Waals surface area contributed by atoms with Gasteiger partial charge in [0.15, 0.2) is 0 Å². The molecule has 1 aliphatic rings. The predicted molar refractivity (Wildman–Crippen MR) is 114 cm³/mol. The van der Waals surface area contributed by atoms with Crippen molar-refractivity contribution < 1.29 is 33.2 Å². The first-order valence-electron chi connectivity index (χ1n) is 9.17. The van der Waals surface area contributed by atoms with Gasteiger partial charge in [-0.3, -0.25) is 14.2 Å². The van der Waals surface area contributed by atoms with E-state index in [2.05, 4.69) is 41.8 Å². The topological polar surface area (TPSA) is 166 Å². The molecule has 5 N–H and O–H groups in total. The minimum atomic E-state index is -3.11. The summed E-state index contributed by atoms with van der Waals surface area (Å²) >= 11 is 3.27. The van der Waals surface area contributed by atoms with Gasteiger partial charge in [-0.25, -0.2) is 15.0 Å². The Labute approximate surface area is 187 Å². The highest BCUT2D eigenvalue weighted by Crippen LogP contribution is 2.29. The third-order valence-electron chi connectivity index (χ3n) is 4.51. The van der Waals surface area contributed by atoms with E-state index in [1.807, 2.05) is 0 Å². The Kier molecular flexibility index (Phi) is 8.57. The van der Waals surface area contributed by atoms with Crippen molar-refractivity contribution in [2.75, 3.05) is 18.5 Å². The van der Waals surface area contributed by atoms with Crippen LogP contribution in [0, 0.1) is 5.92 Å². The summed E-state index contributed by atoms with van der Waals surface area (Å²) in [5.74, 6) is -1.85. The number of anilines is 1. The average Bonchev–Trinajstić information content (AvgIpc) is 2.92. The van der Waals surface area contributed by atoms with Gasteiger partial charge in [0, 0.05) is 16.7 Å². The van der Waals surface area contributed by atoms with Crippen LogP contribution in [0.15, 0.2) is 28.7 Å². The van der Waals surface area contributed by atoms with E-state index in [1.165, 1.54) is 0 Å². The van der Waals surface area contributed by atoms with E-state index >= 15 is 0 Å². The highest BCUT2D eigenvalue weighted by atomic mass is 79.9. The summed E-state index contributed by atoms with van der Waals surface area (Å²) in [4.78, 5) is 58.5. The number of carbonyl (C=O) groups is 4. The van der Waals surface area contributed by atoms with E-state index in [0.717, 1.165) is 4.47 Å². The van der Waals surface area contributed by atoms with Gasteiger partial charge in [0.05, 0.1) is 13.0 Å². The van der Waals surface area contributed by atoms with Crippen molar-refractivity contribution in [3.8, 4) is 0 Å². The summed E-state index contributed by atoms with van der Waals surface area (Å²) in [7, 11) is -3.11. The number of hydrogen-bond acceptors (Lipinski definition) is 6. The molecular weight excluding hydrogens is 497 g/mol. The number of halogens is 1. The number of rotatable bonds is 9. The van der Waals surface area contributed by atoms with Crippen LogP contribution in [0.2, 0.25) is 0 Å². The summed E-state index contributed by atoms with van der Waals surface area (Å²) in [6.45, 7) is 3.07. The fourth-order valence-corrected chi connectivity index (χ4v) is 3.39. The second kappa shape index (κ2) is 10.7. The van der Waals surface area contributed by atoms with E-state index in [0.29, 0.717) is 10.7 Å². The van der Waals surface area contributed by atoms with Crippen molar-refractivity contribution in [3.05, 3.63) is 28.7 Å². The van der Waals surface area contributed by atoms with Crippen LogP contribution in [-0.4, -0.2) is 52.5 Å². The quantitative estimate of drug-likeness (QED) is 0.186. The number of urea groups is 2. The molecule has 0 saturated carbocycles. The maximum atomic E-state index is 13.0. The van der Waals surface area contributed by atoms with Gasteiger partial charge in [-0.05, 0) is 30.2 Å². The Morgan fingerprint density at radius 3 is 2.52 bits per heavy atom. The van der Waals surface area contributed by atoms with Crippen molar-refractivity contribution in [1.82, 2.24) is 21.1 Å². The molecule has 0 spiro atoms. The van der Waals surface area contributed by atoms with Crippen LogP contribution in [0.1, 0.15) is 20.3 Å². The minimum absolute atomic E-state index is 0.0519. The van der Waals surface area contributed by atoms with Crippen molar-refractivity contribution in [2.45, 2.75) is 25.8 Å². The Hall–Kier alpha value is -2.47. The normalized spacial score (nSPS) is 19.2. The number of imide groups is 1. The van der Waals surface area contributed by atoms with E-state index < -0.39 is 50.0 Å². The van der Waals surface area contributed by atoms with Gasteiger partial charge in [0.2, 0.25) is 5.91 Å². The molecule has 170 valence electrons. The van der Waals surface area contributed by atoms with Crippen LogP contribution in [0.3, 0.4) is 0 Å². The lowest BCUT2D eigenvalue weighted by molar-refractivity contribution is -0.138. The lowest BCUT2D eigenvalue weighted by Gasteiger charge is -2.30. The van der Waals surface area contributed by atoms with E-state index in [1.54, 1.807) is 38.1 Å². The van der Waals surface area contributed by atoms with Gasteiger partial charge in [0.1, 0.15) is 5.54 Å². The maximum absolute atomic E-state index is 13.0. The molecule has 0 bridgehead atoms. The molecule has 1 saturated heterocycles. The molecule has 2 unspecified atom stereocenters. The van der Waals surface area contributed by atoms with E-state index in [9.17, 15) is 23.7 Å². The SMILES string of the molecule is CC(C)C1(CC(=O)NCCO[PH](=O)O)NC(=O)N(NC(=O)Nc2ccc(Br)cc2)C1=O. The zero-order chi connectivity index (χ0) is 23.2. The summed E-state index contributed by atoms with van der Waals surface area (Å²) in [5.41, 5.74) is 1.06. The largest absolute Gasteiger partial charge is 0.354 e.